The predicted molar refractivity (Wildman–Crippen MR) is 171 cm³/mol. The third-order valence-electron chi connectivity index (χ3n) is 8.59. The second-order valence-corrected chi connectivity index (χ2v) is 11.8. The Labute approximate surface area is 291 Å². The summed E-state index contributed by atoms with van der Waals surface area (Å²) in [4.78, 5) is 52.2. The Morgan fingerprint density at radius 2 is 1.54 bits per heavy atom. The van der Waals surface area contributed by atoms with Gasteiger partial charge in [0.15, 0.2) is 52.8 Å². The number of hydrogen-bond acceptors (Lipinski definition) is 15. The molecule has 0 spiro atoms. The van der Waals surface area contributed by atoms with Crippen molar-refractivity contribution in [3.05, 3.63) is 88.2 Å². The average Bonchev–Trinajstić information content (AvgIpc) is 3.10. The van der Waals surface area contributed by atoms with Crippen molar-refractivity contribution in [2.75, 3.05) is 6.61 Å². The van der Waals surface area contributed by atoms with Crippen LogP contribution in [0.15, 0.2) is 65.9 Å². The number of carboxylic acids is 2. The van der Waals surface area contributed by atoms with Crippen LogP contribution in [-0.2, 0) is 33.4 Å². The lowest BCUT2D eigenvalue weighted by Crippen LogP contribution is -2.53. The molecule has 3 aromatic rings. The second-order valence-electron chi connectivity index (χ2n) is 11.8. The predicted octanol–water partition coefficient (Wildman–Crippen LogP) is 1.81. The summed E-state index contributed by atoms with van der Waals surface area (Å²) < 4.78 is 22.1. The van der Waals surface area contributed by atoms with Crippen LogP contribution >= 0.6 is 0 Å². The van der Waals surface area contributed by atoms with Crippen LogP contribution in [0.3, 0.4) is 0 Å². The average molecular weight is 721 g/mol. The van der Waals surface area contributed by atoms with Gasteiger partial charge in [-0.2, -0.15) is 0 Å². The largest absolute Gasteiger partial charge is 0.504 e. The number of carbonyl (C=O) groups is 4. The maximum atomic E-state index is 14.0. The van der Waals surface area contributed by atoms with Crippen LogP contribution in [0.25, 0.3) is 12.2 Å². The quantitative estimate of drug-likeness (QED) is 0.137. The van der Waals surface area contributed by atoms with E-state index in [1.165, 1.54) is 18.2 Å². The standard InChI is InChI=1S/C35H28O17/c36-12-22(41)31-32-24(11-25(50-31)33(44)45)51-35(48)17-7-15-9-19(38)20(39)10-16(15)27(28(17)34(46)47)14-2-5-23(21(40)8-14)49-30-13(3-6-26(42)52-32)1-4-18(37)29(30)43/h1-11,22,24,27-28,31-32,36-41,43H,12H2,(H,44,45)(H,46,47)/b6-3+/t22-,24-,27+,28-,31-,32-/m1/s1. The van der Waals surface area contributed by atoms with Crippen LogP contribution in [0, 0.1) is 5.92 Å². The molecule has 3 aliphatic heterocycles. The molecule has 17 nitrogen and oxygen atoms in total. The van der Waals surface area contributed by atoms with E-state index < -0.39 is 113 Å². The highest BCUT2D eigenvalue weighted by Crippen LogP contribution is 2.49. The lowest BCUT2D eigenvalue weighted by Gasteiger charge is -2.37. The molecule has 0 saturated carbocycles. The number of carbonyl (C=O) groups excluding carboxylic acids is 2. The highest BCUT2D eigenvalue weighted by Gasteiger charge is 2.47. The van der Waals surface area contributed by atoms with Crippen molar-refractivity contribution in [2.45, 2.75) is 30.3 Å². The van der Waals surface area contributed by atoms with Gasteiger partial charge >= 0.3 is 23.9 Å². The minimum atomic E-state index is -1.92. The number of aromatic hydroxyl groups is 5. The Hall–Kier alpha value is -6.72. The molecule has 1 aliphatic carbocycles. The maximum Gasteiger partial charge on any atom is 0.370 e. The van der Waals surface area contributed by atoms with Gasteiger partial charge in [-0.05, 0) is 65.2 Å². The molecule has 17 heteroatoms. The van der Waals surface area contributed by atoms with Crippen molar-refractivity contribution in [1.82, 2.24) is 0 Å². The molecular weight excluding hydrogens is 692 g/mol. The van der Waals surface area contributed by atoms with Gasteiger partial charge in [-0.25, -0.2) is 14.4 Å². The van der Waals surface area contributed by atoms with Crippen LogP contribution in [0.1, 0.15) is 28.2 Å². The number of hydrogen-bond donors (Lipinski definition) is 9. The van der Waals surface area contributed by atoms with Crippen molar-refractivity contribution >= 4 is 36.0 Å². The number of fused-ring (bicyclic) bond motifs is 6. The first-order chi connectivity index (χ1) is 24.7. The van der Waals surface area contributed by atoms with Crippen molar-refractivity contribution < 1.29 is 84.1 Å². The fourth-order valence-corrected chi connectivity index (χ4v) is 6.16. The van der Waals surface area contributed by atoms with E-state index >= 15 is 0 Å². The Balaban J connectivity index is 1.60. The Morgan fingerprint density at radius 3 is 2.21 bits per heavy atom. The molecule has 0 fully saturated rings. The van der Waals surface area contributed by atoms with E-state index in [1.807, 2.05) is 0 Å². The van der Waals surface area contributed by atoms with Crippen molar-refractivity contribution in [2.24, 2.45) is 5.92 Å². The van der Waals surface area contributed by atoms with E-state index in [0.717, 1.165) is 48.6 Å². The zero-order valence-electron chi connectivity index (χ0n) is 26.3. The Morgan fingerprint density at radius 1 is 0.808 bits per heavy atom. The van der Waals surface area contributed by atoms with Gasteiger partial charge in [0.2, 0.25) is 11.5 Å². The van der Waals surface area contributed by atoms with Crippen LogP contribution in [0.5, 0.6) is 40.2 Å². The van der Waals surface area contributed by atoms with E-state index in [9.17, 15) is 65.1 Å². The number of ether oxygens (including phenoxy) is 4. The molecule has 52 heavy (non-hydrogen) atoms. The minimum Gasteiger partial charge on any atom is -0.504 e. The number of aliphatic carboxylic acids is 2. The monoisotopic (exact) mass is 720 g/mol. The fourth-order valence-electron chi connectivity index (χ4n) is 6.16. The summed E-state index contributed by atoms with van der Waals surface area (Å²) >= 11 is 0. The zero-order chi connectivity index (χ0) is 37.6. The topological polar surface area (TPSA) is 287 Å². The lowest BCUT2D eigenvalue weighted by atomic mass is 9.71. The van der Waals surface area contributed by atoms with Crippen molar-refractivity contribution in [1.29, 1.82) is 0 Å². The van der Waals surface area contributed by atoms with Crippen LogP contribution in [-0.4, -0.2) is 101 Å². The third kappa shape index (κ3) is 6.36. The van der Waals surface area contributed by atoms with Gasteiger partial charge in [0, 0.05) is 23.6 Å². The van der Waals surface area contributed by atoms with Gasteiger partial charge in [0.25, 0.3) is 0 Å². The summed E-state index contributed by atoms with van der Waals surface area (Å²) in [5, 5.41) is 93.2. The number of phenols is 5. The van der Waals surface area contributed by atoms with E-state index in [4.69, 9.17) is 18.9 Å². The van der Waals surface area contributed by atoms with Gasteiger partial charge in [0.1, 0.15) is 6.10 Å². The number of esters is 2. The molecule has 4 aliphatic rings. The molecule has 4 bridgehead atoms. The van der Waals surface area contributed by atoms with E-state index in [2.05, 4.69) is 0 Å². The number of aliphatic hydroxyl groups is 2. The summed E-state index contributed by atoms with van der Waals surface area (Å²) in [7, 11) is 0. The van der Waals surface area contributed by atoms with Crippen molar-refractivity contribution in [3.63, 3.8) is 0 Å². The molecule has 3 heterocycles. The van der Waals surface area contributed by atoms with E-state index in [0.29, 0.717) is 0 Å². The van der Waals surface area contributed by atoms with Gasteiger partial charge in [-0.15, -0.1) is 0 Å². The number of rotatable bonds is 4. The van der Waals surface area contributed by atoms with Crippen molar-refractivity contribution in [3.8, 4) is 40.2 Å². The molecule has 0 amide bonds. The highest BCUT2D eigenvalue weighted by atomic mass is 16.6. The van der Waals surface area contributed by atoms with Gasteiger partial charge in [-0.1, -0.05) is 6.07 Å². The highest BCUT2D eigenvalue weighted by molar-refractivity contribution is 6.02. The second kappa shape index (κ2) is 13.5. The molecule has 3 aromatic carbocycles. The van der Waals surface area contributed by atoms with Crippen LogP contribution in [0.4, 0.5) is 0 Å². The first kappa shape index (κ1) is 35.1. The smallest absolute Gasteiger partial charge is 0.370 e. The molecule has 0 unspecified atom stereocenters. The van der Waals surface area contributed by atoms with Gasteiger partial charge in [0.05, 0.1) is 18.1 Å². The summed E-state index contributed by atoms with van der Waals surface area (Å²) in [6, 6.07) is 7.97. The molecule has 0 aromatic heterocycles. The SMILES string of the molecule is O=C1/C=C/c2ccc(O)c(O)c2Oc2ccc(cc2O)[C@H]2c3cc(O)c(O)cc3C=C(C(=O)O[C@@H]3C=C(C(=O)O)O[C@H]([C@H](O)CO)[C@@H]3O1)[C@H]2C(=O)O. The van der Waals surface area contributed by atoms with Crippen LogP contribution < -0.4 is 4.74 Å². The van der Waals surface area contributed by atoms with Gasteiger partial charge < -0.3 is 64.9 Å². The Bertz CT molecular complexity index is 2100. The molecule has 9 N–H and O–H groups in total. The molecule has 7 rings (SSSR count). The summed E-state index contributed by atoms with van der Waals surface area (Å²) in [6.45, 7) is -1.04. The zero-order valence-corrected chi connectivity index (χ0v) is 26.3. The summed E-state index contributed by atoms with van der Waals surface area (Å²) in [5.41, 5.74) is -0.482. The maximum absolute atomic E-state index is 14.0. The summed E-state index contributed by atoms with van der Waals surface area (Å²) in [6.07, 6.45) is -3.89. The number of carboxylic acid groups (broad SMARTS) is 2. The lowest BCUT2D eigenvalue weighted by molar-refractivity contribution is -0.185. The number of benzene rings is 3. The van der Waals surface area contributed by atoms with Gasteiger partial charge in [-0.3, -0.25) is 4.79 Å². The van der Waals surface area contributed by atoms with E-state index in [1.54, 1.807) is 0 Å². The minimum absolute atomic E-state index is 0.0312. The molecule has 0 radical (unpaired) electrons. The molecule has 0 saturated heterocycles. The summed E-state index contributed by atoms with van der Waals surface area (Å²) in [5.74, 6) is -14.2. The fraction of sp³-hybridized carbons (Fsp3) is 0.200. The first-order valence-electron chi connectivity index (χ1n) is 15.2. The van der Waals surface area contributed by atoms with Crippen LogP contribution in [0.2, 0.25) is 0 Å². The normalized spacial score (nSPS) is 23.6. The van der Waals surface area contributed by atoms with E-state index in [-0.39, 0.29) is 28.0 Å². The first-order valence-corrected chi connectivity index (χ1v) is 15.2. The Kier molecular flexibility index (Phi) is 9.14. The number of aliphatic hydroxyl groups excluding tert-OH is 2. The molecule has 6 atom stereocenters. The molecular formula is C35H28O17. The number of phenolic OH excluding ortho intramolecular Hbond substituents is 5. The third-order valence-corrected chi connectivity index (χ3v) is 8.59. The molecule has 270 valence electrons.